The summed E-state index contributed by atoms with van der Waals surface area (Å²) in [7, 11) is 0. The van der Waals surface area contributed by atoms with Gasteiger partial charge in [-0.2, -0.15) is 0 Å². The molecule has 0 unspecified atom stereocenters. The van der Waals surface area contributed by atoms with Gasteiger partial charge in [-0.15, -0.1) is 24.2 Å². The van der Waals surface area contributed by atoms with Crippen LogP contribution in [0.1, 0.15) is 45.2 Å². The predicted octanol–water partition coefficient (Wildman–Crippen LogP) is 4.00. The average Bonchev–Trinajstić information content (AvgIpc) is 2.38. The third-order valence-corrected chi connectivity index (χ3v) is 4.79. The lowest BCUT2D eigenvalue weighted by atomic mass is 9.86. The number of thioether (sulfide) groups is 1. The summed E-state index contributed by atoms with van der Waals surface area (Å²) in [6.07, 6.45) is 2.38. The Hall–Kier alpha value is -0.220. The van der Waals surface area contributed by atoms with Crippen LogP contribution in [0.3, 0.4) is 0 Å². The molecule has 0 aliphatic carbocycles. The minimum absolute atomic E-state index is 0. The van der Waals surface area contributed by atoms with E-state index in [1.807, 2.05) is 11.8 Å². The van der Waals surface area contributed by atoms with Crippen molar-refractivity contribution in [3.63, 3.8) is 0 Å². The molecular formula is C16H27ClN2S. The molecule has 1 aromatic carbocycles. The van der Waals surface area contributed by atoms with Crippen molar-refractivity contribution in [1.82, 2.24) is 5.32 Å². The minimum Gasteiger partial charge on any atom is -0.324 e. The van der Waals surface area contributed by atoms with E-state index in [1.165, 1.54) is 23.3 Å². The molecule has 1 heterocycles. The Morgan fingerprint density at radius 2 is 1.80 bits per heavy atom. The SMILES string of the molecule is CC(C)(C)Sc1ccccc1[C@H](N)C1CCNCC1.Cl. The molecule has 1 aromatic rings. The zero-order chi connectivity index (χ0) is 13.9. The molecule has 1 atom stereocenters. The first-order valence-electron chi connectivity index (χ1n) is 7.21. The highest BCUT2D eigenvalue weighted by Gasteiger charge is 2.24. The molecule has 2 nitrogen and oxygen atoms in total. The number of benzene rings is 1. The van der Waals surface area contributed by atoms with Crippen molar-refractivity contribution in [2.24, 2.45) is 11.7 Å². The van der Waals surface area contributed by atoms with E-state index in [1.54, 1.807) is 0 Å². The van der Waals surface area contributed by atoms with Gasteiger partial charge in [0.2, 0.25) is 0 Å². The van der Waals surface area contributed by atoms with Crippen LogP contribution in [0.15, 0.2) is 29.2 Å². The zero-order valence-corrected chi connectivity index (χ0v) is 14.3. The molecule has 0 spiro atoms. The molecule has 0 bridgehead atoms. The van der Waals surface area contributed by atoms with E-state index < -0.39 is 0 Å². The van der Waals surface area contributed by atoms with Gasteiger partial charge in [0.1, 0.15) is 0 Å². The van der Waals surface area contributed by atoms with Crippen molar-refractivity contribution < 1.29 is 0 Å². The van der Waals surface area contributed by atoms with Crippen LogP contribution in [-0.4, -0.2) is 17.8 Å². The lowest BCUT2D eigenvalue weighted by Gasteiger charge is -2.30. The summed E-state index contributed by atoms with van der Waals surface area (Å²) in [4.78, 5) is 1.35. The monoisotopic (exact) mass is 314 g/mol. The van der Waals surface area contributed by atoms with Crippen molar-refractivity contribution in [3.05, 3.63) is 29.8 Å². The number of piperidine rings is 1. The second kappa shape index (κ2) is 7.69. The van der Waals surface area contributed by atoms with Gasteiger partial charge in [-0.25, -0.2) is 0 Å². The van der Waals surface area contributed by atoms with E-state index >= 15 is 0 Å². The standard InChI is InChI=1S/C16H26N2S.ClH/c1-16(2,3)19-14-7-5-4-6-13(14)15(17)12-8-10-18-11-9-12;/h4-7,12,15,18H,8-11,17H2,1-3H3;1H/t15-;/m1./s1. The van der Waals surface area contributed by atoms with Crippen LogP contribution in [0.25, 0.3) is 0 Å². The van der Waals surface area contributed by atoms with Crippen molar-refractivity contribution in [1.29, 1.82) is 0 Å². The maximum absolute atomic E-state index is 6.55. The Morgan fingerprint density at radius 3 is 2.40 bits per heavy atom. The van der Waals surface area contributed by atoms with Gasteiger partial charge in [0.15, 0.2) is 0 Å². The Balaban J connectivity index is 0.00000200. The average molecular weight is 315 g/mol. The number of rotatable bonds is 3. The summed E-state index contributed by atoms with van der Waals surface area (Å²) in [6, 6.07) is 8.83. The highest BCUT2D eigenvalue weighted by molar-refractivity contribution is 8.00. The van der Waals surface area contributed by atoms with Crippen LogP contribution in [0.4, 0.5) is 0 Å². The van der Waals surface area contributed by atoms with Crippen LogP contribution < -0.4 is 11.1 Å². The van der Waals surface area contributed by atoms with Gasteiger partial charge in [-0.05, 0) is 43.5 Å². The van der Waals surface area contributed by atoms with E-state index in [-0.39, 0.29) is 23.2 Å². The molecule has 1 aliphatic heterocycles. The molecule has 2 rings (SSSR count). The third kappa shape index (κ3) is 4.96. The van der Waals surface area contributed by atoms with Crippen LogP contribution in [-0.2, 0) is 0 Å². The van der Waals surface area contributed by atoms with Gasteiger partial charge in [0.05, 0.1) is 0 Å². The fourth-order valence-corrected chi connectivity index (χ4v) is 3.76. The molecule has 0 radical (unpaired) electrons. The van der Waals surface area contributed by atoms with E-state index in [2.05, 4.69) is 50.4 Å². The molecule has 0 aromatic heterocycles. The van der Waals surface area contributed by atoms with Gasteiger partial charge in [-0.1, -0.05) is 39.0 Å². The number of nitrogens with one attached hydrogen (secondary N) is 1. The van der Waals surface area contributed by atoms with Gasteiger partial charge in [0.25, 0.3) is 0 Å². The van der Waals surface area contributed by atoms with E-state index in [4.69, 9.17) is 5.73 Å². The molecule has 4 heteroatoms. The summed E-state index contributed by atoms with van der Waals surface area (Å²) in [5.74, 6) is 0.614. The number of halogens is 1. The second-order valence-corrected chi connectivity index (χ2v) is 8.23. The number of hydrogen-bond donors (Lipinski definition) is 2. The second-order valence-electron chi connectivity index (χ2n) is 6.37. The topological polar surface area (TPSA) is 38.0 Å². The van der Waals surface area contributed by atoms with Gasteiger partial charge in [0, 0.05) is 15.7 Å². The predicted molar refractivity (Wildman–Crippen MR) is 91.8 cm³/mol. The first-order valence-corrected chi connectivity index (χ1v) is 8.03. The number of hydrogen-bond acceptors (Lipinski definition) is 3. The highest BCUT2D eigenvalue weighted by Crippen LogP contribution is 2.38. The molecule has 1 fully saturated rings. The third-order valence-electron chi connectivity index (χ3n) is 3.59. The van der Waals surface area contributed by atoms with Crippen LogP contribution >= 0.6 is 24.2 Å². The van der Waals surface area contributed by atoms with E-state index in [9.17, 15) is 0 Å². The normalized spacial score (nSPS) is 18.4. The zero-order valence-electron chi connectivity index (χ0n) is 12.7. The first-order chi connectivity index (χ1) is 8.97. The molecular weight excluding hydrogens is 288 g/mol. The van der Waals surface area contributed by atoms with Crippen LogP contribution in [0, 0.1) is 5.92 Å². The molecule has 3 N–H and O–H groups in total. The van der Waals surface area contributed by atoms with Crippen molar-refractivity contribution in [3.8, 4) is 0 Å². The molecule has 20 heavy (non-hydrogen) atoms. The molecule has 114 valence electrons. The van der Waals surface area contributed by atoms with E-state index in [0.717, 1.165) is 13.1 Å². The molecule has 1 saturated heterocycles. The molecule has 1 aliphatic rings. The summed E-state index contributed by atoms with van der Waals surface area (Å²) in [5, 5.41) is 3.41. The fourth-order valence-electron chi connectivity index (χ4n) is 2.64. The van der Waals surface area contributed by atoms with Gasteiger partial charge < -0.3 is 11.1 Å². The smallest absolute Gasteiger partial charge is 0.0335 e. The lowest BCUT2D eigenvalue weighted by molar-refractivity contribution is 0.320. The summed E-state index contributed by atoms with van der Waals surface area (Å²) in [5.41, 5.74) is 7.88. The van der Waals surface area contributed by atoms with Crippen LogP contribution in [0.5, 0.6) is 0 Å². The Labute approximate surface area is 133 Å². The van der Waals surface area contributed by atoms with Crippen molar-refractivity contribution in [2.75, 3.05) is 13.1 Å². The maximum Gasteiger partial charge on any atom is 0.0335 e. The van der Waals surface area contributed by atoms with Crippen molar-refractivity contribution in [2.45, 2.75) is 49.3 Å². The summed E-state index contributed by atoms with van der Waals surface area (Å²) >= 11 is 1.92. The quantitative estimate of drug-likeness (QED) is 0.828. The molecule has 0 saturated carbocycles. The highest BCUT2D eigenvalue weighted by atomic mass is 35.5. The van der Waals surface area contributed by atoms with E-state index in [0.29, 0.717) is 5.92 Å². The van der Waals surface area contributed by atoms with Crippen LogP contribution in [0.2, 0.25) is 0 Å². The maximum atomic E-state index is 6.55. The molecule has 0 amide bonds. The van der Waals surface area contributed by atoms with Gasteiger partial charge in [-0.3, -0.25) is 0 Å². The Bertz CT molecular complexity index is 411. The lowest BCUT2D eigenvalue weighted by Crippen LogP contribution is -2.34. The first kappa shape index (κ1) is 17.8. The fraction of sp³-hybridized carbons (Fsp3) is 0.625. The van der Waals surface area contributed by atoms with Gasteiger partial charge >= 0.3 is 0 Å². The Morgan fingerprint density at radius 1 is 1.20 bits per heavy atom. The largest absolute Gasteiger partial charge is 0.324 e. The van der Waals surface area contributed by atoms with Crippen molar-refractivity contribution >= 4 is 24.2 Å². The number of nitrogens with two attached hydrogens (primary N) is 1. The summed E-state index contributed by atoms with van der Waals surface area (Å²) in [6.45, 7) is 8.97. The summed E-state index contributed by atoms with van der Waals surface area (Å²) < 4.78 is 0.226. The minimum atomic E-state index is 0. The Kier molecular flexibility index (Phi) is 6.86.